The molecule has 0 radical (unpaired) electrons. The summed E-state index contributed by atoms with van der Waals surface area (Å²) in [6.45, 7) is 11.1. The molecule has 0 aliphatic carbocycles. The number of ether oxygens (including phenoxy) is 2. The monoisotopic (exact) mass is 621 g/mol. The highest BCUT2D eigenvalue weighted by atomic mass is 19.4. The number of nitrogens with one attached hydrogen (secondary N) is 1. The SMILES string of the molecule is CC(C)=CCCC(C)=CCOc1ccc(-c2noc(C3CCCN3C(=NC(=O)OC(C)(C)C)NC(=O)O)n2)cc1C(F)(F)F. The molecule has 2 amide bonds. The number of halogens is 3. The van der Waals surface area contributed by atoms with Gasteiger partial charge in [0.1, 0.15) is 24.0 Å². The smallest absolute Gasteiger partial charge is 0.437 e. The maximum Gasteiger partial charge on any atom is 0.437 e. The molecule has 44 heavy (non-hydrogen) atoms. The maximum absolute atomic E-state index is 14.0. The number of alkyl halides is 3. The van der Waals surface area contributed by atoms with Gasteiger partial charge in [0.05, 0.1) is 5.56 Å². The van der Waals surface area contributed by atoms with Crippen molar-refractivity contribution in [2.24, 2.45) is 4.99 Å². The summed E-state index contributed by atoms with van der Waals surface area (Å²) < 4.78 is 58.0. The van der Waals surface area contributed by atoms with Crippen LogP contribution in [0.15, 0.2) is 51.0 Å². The van der Waals surface area contributed by atoms with Crippen LogP contribution in [0.1, 0.15) is 84.7 Å². The van der Waals surface area contributed by atoms with Crippen molar-refractivity contribution in [1.82, 2.24) is 20.4 Å². The molecule has 1 saturated heterocycles. The van der Waals surface area contributed by atoms with E-state index in [2.05, 4.69) is 26.5 Å². The zero-order valence-corrected chi connectivity index (χ0v) is 25.6. The predicted molar refractivity (Wildman–Crippen MR) is 156 cm³/mol. The summed E-state index contributed by atoms with van der Waals surface area (Å²) in [6.07, 6.45) is -0.720. The second-order valence-electron chi connectivity index (χ2n) is 11.5. The molecule has 1 aromatic carbocycles. The van der Waals surface area contributed by atoms with Gasteiger partial charge in [-0.3, -0.25) is 5.32 Å². The Hall–Kier alpha value is -4.36. The largest absolute Gasteiger partial charge is 0.489 e. The number of amides is 2. The van der Waals surface area contributed by atoms with E-state index in [1.165, 1.54) is 22.6 Å². The van der Waals surface area contributed by atoms with Crippen molar-refractivity contribution in [3.05, 3.63) is 53.0 Å². The molecule has 1 aromatic heterocycles. The molecular formula is C30H38F3N5O6. The third kappa shape index (κ3) is 10.1. The van der Waals surface area contributed by atoms with Gasteiger partial charge in [0.25, 0.3) is 0 Å². The van der Waals surface area contributed by atoms with E-state index in [1.54, 1.807) is 26.8 Å². The maximum atomic E-state index is 14.0. The number of carbonyl (C=O) groups excluding carboxylic acids is 1. The standard InChI is InChI=1S/C30H38F3N5O6/c1-18(2)9-7-10-19(3)14-16-42-23-13-12-20(17-21(23)30(31,32)33)24-34-25(44-37-24)22-11-8-15-38(22)26(35-27(39)40)36-28(41)43-29(4,5)6/h9,12-14,17,22H,7-8,10-11,15-16H2,1-6H3,(H,39,40)(H,35,36,41). The quantitative estimate of drug-likeness (QED) is 0.174. The molecule has 0 saturated carbocycles. The Balaban J connectivity index is 1.82. The summed E-state index contributed by atoms with van der Waals surface area (Å²) >= 11 is 0. The lowest BCUT2D eigenvalue weighted by Crippen LogP contribution is -2.44. The minimum Gasteiger partial charge on any atom is -0.489 e. The molecule has 2 N–H and O–H groups in total. The number of carboxylic acid groups (broad SMARTS) is 1. The van der Waals surface area contributed by atoms with Gasteiger partial charge >= 0.3 is 18.4 Å². The van der Waals surface area contributed by atoms with E-state index in [4.69, 9.17) is 14.0 Å². The van der Waals surface area contributed by atoms with Gasteiger partial charge in [0.15, 0.2) is 0 Å². The molecule has 0 bridgehead atoms. The summed E-state index contributed by atoms with van der Waals surface area (Å²) in [7, 11) is 0. The molecule has 11 nitrogen and oxygen atoms in total. The molecule has 14 heteroatoms. The van der Waals surface area contributed by atoms with Crippen LogP contribution >= 0.6 is 0 Å². The number of carbonyl (C=O) groups is 2. The van der Waals surface area contributed by atoms with E-state index in [-0.39, 0.29) is 42.1 Å². The van der Waals surface area contributed by atoms with Crippen LogP contribution in [0, 0.1) is 0 Å². The molecule has 2 aromatic rings. The van der Waals surface area contributed by atoms with E-state index >= 15 is 0 Å². The van der Waals surface area contributed by atoms with E-state index in [0.29, 0.717) is 12.8 Å². The summed E-state index contributed by atoms with van der Waals surface area (Å²) in [6, 6.07) is 2.81. The number of allylic oxidation sites excluding steroid dienone is 3. The lowest BCUT2D eigenvalue weighted by molar-refractivity contribution is -0.138. The average molecular weight is 622 g/mol. The van der Waals surface area contributed by atoms with Crippen molar-refractivity contribution in [2.45, 2.75) is 85.0 Å². The first-order valence-electron chi connectivity index (χ1n) is 14.1. The molecule has 1 fully saturated rings. The molecule has 1 aliphatic heterocycles. The summed E-state index contributed by atoms with van der Waals surface area (Å²) in [4.78, 5) is 33.3. The van der Waals surface area contributed by atoms with Crippen LogP contribution < -0.4 is 10.1 Å². The van der Waals surface area contributed by atoms with Crippen molar-refractivity contribution in [3.8, 4) is 17.1 Å². The van der Waals surface area contributed by atoms with Crippen LogP contribution in [0.5, 0.6) is 5.75 Å². The molecule has 240 valence electrons. The Morgan fingerprint density at radius 1 is 1.20 bits per heavy atom. The normalized spacial score (nSPS) is 16.1. The van der Waals surface area contributed by atoms with E-state index < -0.39 is 35.6 Å². The zero-order valence-electron chi connectivity index (χ0n) is 25.6. The highest BCUT2D eigenvalue weighted by Crippen LogP contribution is 2.39. The van der Waals surface area contributed by atoms with Gasteiger partial charge in [-0.1, -0.05) is 22.4 Å². The number of aromatic nitrogens is 2. The third-order valence-corrected chi connectivity index (χ3v) is 6.37. The Morgan fingerprint density at radius 3 is 2.57 bits per heavy atom. The highest BCUT2D eigenvalue weighted by Gasteiger charge is 2.37. The Bertz CT molecular complexity index is 1420. The first-order chi connectivity index (χ1) is 20.5. The minimum absolute atomic E-state index is 0.0178. The topological polar surface area (TPSA) is 139 Å². The minimum atomic E-state index is -4.71. The number of guanidine groups is 1. The number of likely N-dealkylation sites (tertiary alicyclic amines) is 1. The Labute approximate surface area is 253 Å². The number of hydrogen-bond acceptors (Lipinski definition) is 7. The summed E-state index contributed by atoms with van der Waals surface area (Å²) in [5.74, 6) is -0.709. The second-order valence-corrected chi connectivity index (χ2v) is 11.5. The van der Waals surface area contributed by atoms with Crippen LogP contribution in [-0.2, 0) is 10.9 Å². The fourth-order valence-electron chi connectivity index (χ4n) is 4.38. The van der Waals surface area contributed by atoms with E-state index in [9.17, 15) is 27.9 Å². The molecule has 0 spiro atoms. The number of hydrogen-bond donors (Lipinski definition) is 2. The lowest BCUT2D eigenvalue weighted by atomic mass is 10.1. The van der Waals surface area contributed by atoms with Crippen molar-refractivity contribution in [1.29, 1.82) is 0 Å². The van der Waals surface area contributed by atoms with Gasteiger partial charge < -0.3 is 24.0 Å². The molecule has 1 atom stereocenters. The molecule has 1 aliphatic rings. The number of aliphatic imine (C=N–C) groups is 1. The van der Waals surface area contributed by atoms with Crippen LogP contribution in [-0.4, -0.2) is 57.0 Å². The van der Waals surface area contributed by atoms with E-state index in [1.807, 2.05) is 20.8 Å². The van der Waals surface area contributed by atoms with Crippen molar-refractivity contribution in [2.75, 3.05) is 13.2 Å². The second kappa shape index (κ2) is 14.4. The fraction of sp³-hybridized carbons (Fsp3) is 0.500. The number of benzene rings is 1. The van der Waals surface area contributed by atoms with Crippen LogP contribution in [0.4, 0.5) is 22.8 Å². The Kier molecular flexibility index (Phi) is 11.2. The number of nitrogens with zero attached hydrogens (tertiary/aromatic N) is 4. The van der Waals surface area contributed by atoms with Crippen molar-refractivity contribution >= 4 is 18.1 Å². The molecule has 3 rings (SSSR count). The predicted octanol–water partition coefficient (Wildman–Crippen LogP) is 7.52. The first-order valence-corrected chi connectivity index (χ1v) is 14.1. The van der Waals surface area contributed by atoms with Gasteiger partial charge in [-0.25, -0.2) is 9.59 Å². The highest BCUT2D eigenvalue weighted by molar-refractivity contribution is 5.98. The van der Waals surface area contributed by atoms with Gasteiger partial charge in [-0.15, -0.1) is 4.99 Å². The molecule has 1 unspecified atom stereocenters. The first kappa shape index (κ1) is 34.1. The van der Waals surface area contributed by atoms with Gasteiger partial charge in [0.2, 0.25) is 17.7 Å². The van der Waals surface area contributed by atoms with E-state index in [0.717, 1.165) is 24.5 Å². The van der Waals surface area contributed by atoms with Gasteiger partial charge in [-0.05, 0) is 91.5 Å². The van der Waals surface area contributed by atoms with Crippen LogP contribution in [0.3, 0.4) is 0 Å². The van der Waals surface area contributed by atoms with Gasteiger partial charge in [-0.2, -0.15) is 18.2 Å². The zero-order chi connectivity index (χ0) is 32.7. The van der Waals surface area contributed by atoms with Crippen LogP contribution in [0.2, 0.25) is 0 Å². The summed E-state index contributed by atoms with van der Waals surface area (Å²) in [5, 5.41) is 15.3. The number of rotatable bonds is 8. The van der Waals surface area contributed by atoms with Crippen LogP contribution in [0.25, 0.3) is 11.4 Å². The van der Waals surface area contributed by atoms with Gasteiger partial charge in [0, 0.05) is 12.1 Å². The third-order valence-electron chi connectivity index (χ3n) is 6.37. The average Bonchev–Trinajstić information content (AvgIpc) is 3.56. The molecule has 2 heterocycles. The van der Waals surface area contributed by atoms with Crippen molar-refractivity contribution < 1.29 is 41.9 Å². The lowest BCUT2D eigenvalue weighted by Gasteiger charge is -2.25. The fourth-order valence-corrected chi connectivity index (χ4v) is 4.38. The molecular weight excluding hydrogens is 583 g/mol. The summed E-state index contributed by atoms with van der Waals surface area (Å²) in [5.41, 5.74) is 0.397. The van der Waals surface area contributed by atoms with Crippen molar-refractivity contribution in [3.63, 3.8) is 0 Å². The Morgan fingerprint density at radius 2 is 1.93 bits per heavy atom.